The minimum atomic E-state index is 0. The van der Waals surface area contributed by atoms with E-state index < -0.39 is 0 Å². The third kappa shape index (κ3) is 5.89. The molecule has 0 atom stereocenters. The van der Waals surface area contributed by atoms with Gasteiger partial charge in [-0.3, -0.25) is 4.79 Å². The highest BCUT2D eigenvalue weighted by Crippen LogP contribution is 2.28. The van der Waals surface area contributed by atoms with Gasteiger partial charge in [0.2, 0.25) is 5.91 Å². The standard InChI is InChI=1S/C20H30N2O2.ClH/c1-15-7-8-18(22-20(23)17-9-11-21-12-10-17)13-19(15)24-14-16-5-3-2-4-6-16;/h7-8,13,16-17,21H,2-6,9-12,14H2,1H3,(H,22,23);1H. The van der Waals surface area contributed by atoms with Gasteiger partial charge in [0.25, 0.3) is 0 Å². The van der Waals surface area contributed by atoms with Gasteiger partial charge < -0.3 is 15.4 Å². The van der Waals surface area contributed by atoms with Gasteiger partial charge in [0.15, 0.2) is 0 Å². The fourth-order valence-electron chi connectivity index (χ4n) is 3.72. The summed E-state index contributed by atoms with van der Waals surface area (Å²) in [5.41, 5.74) is 1.98. The van der Waals surface area contributed by atoms with Gasteiger partial charge >= 0.3 is 0 Å². The van der Waals surface area contributed by atoms with Crippen LogP contribution in [0.5, 0.6) is 5.75 Å². The summed E-state index contributed by atoms with van der Waals surface area (Å²) >= 11 is 0. The van der Waals surface area contributed by atoms with Crippen LogP contribution in [0.4, 0.5) is 5.69 Å². The fourth-order valence-corrected chi connectivity index (χ4v) is 3.72. The van der Waals surface area contributed by atoms with E-state index >= 15 is 0 Å². The summed E-state index contributed by atoms with van der Waals surface area (Å²) in [7, 11) is 0. The first-order valence-electron chi connectivity index (χ1n) is 9.47. The fraction of sp³-hybridized carbons (Fsp3) is 0.650. The number of amides is 1. The average molecular weight is 367 g/mol. The molecule has 2 aliphatic rings. The lowest BCUT2D eigenvalue weighted by atomic mass is 9.90. The number of hydrogen-bond acceptors (Lipinski definition) is 3. The largest absolute Gasteiger partial charge is 0.493 e. The maximum atomic E-state index is 12.4. The molecule has 1 saturated carbocycles. The third-order valence-corrected chi connectivity index (χ3v) is 5.36. The van der Waals surface area contributed by atoms with Crippen molar-refractivity contribution in [2.45, 2.75) is 51.9 Å². The predicted molar refractivity (Wildman–Crippen MR) is 105 cm³/mol. The van der Waals surface area contributed by atoms with Crippen LogP contribution in [-0.2, 0) is 4.79 Å². The molecule has 1 aliphatic carbocycles. The molecule has 1 amide bonds. The second-order valence-electron chi connectivity index (χ2n) is 7.31. The van der Waals surface area contributed by atoms with Crippen molar-refractivity contribution >= 4 is 24.0 Å². The molecule has 3 rings (SSSR count). The molecule has 5 heteroatoms. The first kappa shape index (κ1) is 20.1. The summed E-state index contributed by atoms with van der Waals surface area (Å²) in [5.74, 6) is 1.85. The molecule has 0 unspecified atom stereocenters. The van der Waals surface area contributed by atoms with E-state index in [4.69, 9.17) is 4.74 Å². The Morgan fingerprint density at radius 3 is 2.60 bits per heavy atom. The Bertz CT molecular complexity index is 553. The number of halogens is 1. The lowest BCUT2D eigenvalue weighted by Crippen LogP contribution is -2.34. The van der Waals surface area contributed by atoms with Gasteiger partial charge in [0.1, 0.15) is 5.75 Å². The van der Waals surface area contributed by atoms with Gasteiger partial charge in [-0.1, -0.05) is 25.3 Å². The van der Waals surface area contributed by atoms with E-state index in [1.807, 2.05) is 18.2 Å². The van der Waals surface area contributed by atoms with Crippen LogP contribution < -0.4 is 15.4 Å². The van der Waals surface area contributed by atoms with Crippen molar-refractivity contribution in [2.24, 2.45) is 11.8 Å². The molecule has 0 radical (unpaired) electrons. The van der Waals surface area contributed by atoms with Crippen molar-refractivity contribution in [3.63, 3.8) is 0 Å². The number of aryl methyl sites for hydroxylation is 1. The molecule has 2 N–H and O–H groups in total. The molecule has 0 bridgehead atoms. The van der Waals surface area contributed by atoms with Crippen LogP contribution in [0.1, 0.15) is 50.5 Å². The Labute approximate surface area is 157 Å². The number of anilines is 1. The Kier molecular flexibility index (Phi) is 8.04. The molecule has 140 valence electrons. The number of carbonyl (C=O) groups excluding carboxylic acids is 1. The smallest absolute Gasteiger partial charge is 0.227 e. The second-order valence-corrected chi connectivity index (χ2v) is 7.31. The van der Waals surface area contributed by atoms with Crippen molar-refractivity contribution in [2.75, 3.05) is 25.0 Å². The highest BCUT2D eigenvalue weighted by molar-refractivity contribution is 5.92. The summed E-state index contributed by atoms with van der Waals surface area (Å²) in [5, 5.41) is 6.37. The molecule has 0 spiro atoms. The Balaban J connectivity index is 0.00000225. The van der Waals surface area contributed by atoms with E-state index in [-0.39, 0.29) is 24.2 Å². The Morgan fingerprint density at radius 1 is 1.16 bits per heavy atom. The van der Waals surface area contributed by atoms with Crippen LogP contribution in [0.3, 0.4) is 0 Å². The predicted octanol–water partition coefficient (Wildman–Crippen LogP) is 4.31. The average Bonchev–Trinajstić information content (AvgIpc) is 2.63. The monoisotopic (exact) mass is 366 g/mol. The van der Waals surface area contributed by atoms with Crippen molar-refractivity contribution in [3.05, 3.63) is 23.8 Å². The quantitative estimate of drug-likeness (QED) is 0.816. The highest BCUT2D eigenvalue weighted by atomic mass is 35.5. The zero-order chi connectivity index (χ0) is 16.8. The number of ether oxygens (including phenoxy) is 1. The van der Waals surface area contributed by atoms with Crippen LogP contribution in [0.2, 0.25) is 0 Å². The third-order valence-electron chi connectivity index (χ3n) is 5.36. The maximum Gasteiger partial charge on any atom is 0.227 e. The molecule has 2 fully saturated rings. The van der Waals surface area contributed by atoms with Crippen LogP contribution in [0.25, 0.3) is 0 Å². The van der Waals surface area contributed by atoms with Crippen molar-refractivity contribution in [1.82, 2.24) is 5.32 Å². The van der Waals surface area contributed by atoms with Gasteiger partial charge in [-0.25, -0.2) is 0 Å². The van der Waals surface area contributed by atoms with Crippen molar-refractivity contribution in [3.8, 4) is 5.75 Å². The lowest BCUT2D eigenvalue weighted by Gasteiger charge is -2.23. The molecular weight excluding hydrogens is 336 g/mol. The van der Waals surface area contributed by atoms with Gasteiger partial charge in [0.05, 0.1) is 6.61 Å². The number of rotatable bonds is 5. The molecule has 1 saturated heterocycles. The van der Waals surface area contributed by atoms with Crippen LogP contribution in [0.15, 0.2) is 18.2 Å². The summed E-state index contributed by atoms with van der Waals surface area (Å²) < 4.78 is 6.08. The van der Waals surface area contributed by atoms with Gasteiger partial charge in [-0.15, -0.1) is 12.4 Å². The molecule has 4 nitrogen and oxygen atoms in total. The zero-order valence-electron chi connectivity index (χ0n) is 15.2. The van der Waals surface area contributed by atoms with Gasteiger partial charge in [0, 0.05) is 17.7 Å². The zero-order valence-corrected chi connectivity index (χ0v) is 16.0. The molecule has 1 heterocycles. The van der Waals surface area contributed by atoms with E-state index in [0.717, 1.165) is 49.5 Å². The van der Waals surface area contributed by atoms with E-state index in [1.165, 1.54) is 32.1 Å². The number of carbonyl (C=O) groups is 1. The van der Waals surface area contributed by atoms with Crippen LogP contribution in [0, 0.1) is 18.8 Å². The van der Waals surface area contributed by atoms with Gasteiger partial charge in [-0.2, -0.15) is 0 Å². The highest BCUT2D eigenvalue weighted by Gasteiger charge is 2.21. The first-order chi connectivity index (χ1) is 11.7. The minimum absolute atomic E-state index is 0. The molecule has 1 aromatic carbocycles. The summed E-state index contributed by atoms with van der Waals surface area (Å²) in [6, 6.07) is 5.99. The topological polar surface area (TPSA) is 50.4 Å². The lowest BCUT2D eigenvalue weighted by molar-refractivity contribution is -0.120. The minimum Gasteiger partial charge on any atom is -0.493 e. The maximum absolute atomic E-state index is 12.4. The summed E-state index contributed by atoms with van der Waals surface area (Å²) in [4.78, 5) is 12.4. The van der Waals surface area contributed by atoms with Crippen LogP contribution in [-0.4, -0.2) is 25.6 Å². The molecule has 0 aromatic heterocycles. The van der Waals surface area contributed by atoms with Gasteiger partial charge in [-0.05, 0) is 63.2 Å². The summed E-state index contributed by atoms with van der Waals surface area (Å²) in [6.07, 6.45) is 8.44. The number of piperidine rings is 1. The van der Waals surface area contributed by atoms with E-state index in [0.29, 0.717) is 5.92 Å². The number of benzene rings is 1. The van der Waals surface area contributed by atoms with E-state index in [1.54, 1.807) is 0 Å². The van der Waals surface area contributed by atoms with E-state index in [2.05, 4.69) is 17.6 Å². The number of hydrogen-bond donors (Lipinski definition) is 2. The van der Waals surface area contributed by atoms with Crippen molar-refractivity contribution in [1.29, 1.82) is 0 Å². The molecule has 1 aliphatic heterocycles. The first-order valence-corrected chi connectivity index (χ1v) is 9.47. The summed E-state index contributed by atoms with van der Waals surface area (Å²) in [6.45, 7) is 4.73. The van der Waals surface area contributed by atoms with Crippen molar-refractivity contribution < 1.29 is 9.53 Å². The molecule has 25 heavy (non-hydrogen) atoms. The second kappa shape index (κ2) is 10.0. The van der Waals surface area contributed by atoms with Crippen LogP contribution >= 0.6 is 12.4 Å². The normalized spacial score (nSPS) is 19.1. The van der Waals surface area contributed by atoms with E-state index in [9.17, 15) is 4.79 Å². The molecule has 1 aromatic rings. The Hall–Kier alpha value is -1.26. The SMILES string of the molecule is Cc1ccc(NC(=O)C2CCNCC2)cc1OCC1CCCCC1.Cl. The Morgan fingerprint density at radius 2 is 1.88 bits per heavy atom. The number of nitrogens with one attached hydrogen (secondary N) is 2. The molecular formula is C20H31ClN2O2.